The molecular weight excluding hydrogens is 414 g/mol. The molecule has 0 aromatic carbocycles. The van der Waals surface area contributed by atoms with E-state index >= 15 is 0 Å². The van der Waals surface area contributed by atoms with Crippen LogP contribution < -0.4 is 23.8 Å². The minimum absolute atomic E-state index is 0. The molecule has 0 aromatic rings. The van der Waals surface area contributed by atoms with Crippen molar-refractivity contribution in [1.29, 1.82) is 0 Å². The summed E-state index contributed by atoms with van der Waals surface area (Å²) in [5, 5.41) is -0.316. The predicted molar refractivity (Wildman–Crippen MR) is 112 cm³/mol. The van der Waals surface area contributed by atoms with Crippen molar-refractivity contribution in [3.05, 3.63) is 0 Å². The quantitative estimate of drug-likeness (QED) is 0.189. The Morgan fingerprint density at radius 1 is 0.964 bits per heavy atom. The van der Waals surface area contributed by atoms with Crippen LogP contribution in [-0.2, 0) is 23.2 Å². The largest absolute Gasteiger partial charge is 1.00 e. The predicted octanol–water partition coefficient (Wildman–Crippen LogP) is 1.95. The minimum atomic E-state index is -4.34. The summed E-state index contributed by atoms with van der Waals surface area (Å²) < 4.78 is 20.5. The molecule has 1 unspecified atom stereocenters. The molecule has 0 radical (unpaired) electrons. The molecule has 0 spiro atoms. The molecule has 0 aliphatic rings. The minimum Gasteiger partial charge on any atom is -0.756 e. The van der Waals surface area contributed by atoms with Crippen LogP contribution in [0.15, 0.2) is 0 Å². The summed E-state index contributed by atoms with van der Waals surface area (Å²) in [6.07, 6.45) is 9.13. The van der Waals surface area contributed by atoms with E-state index in [1.54, 1.807) is 0 Å². The van der Waals surface area contributed by atoms with Crippen LogP contribution in [0.2, 0.25) is 0 Å². The number of unbranched alkanes of at least 4 members (excludes halogenated alkanes) is 6. The Kier molecular flexibility index (Phi) is 21.8. The van der Waals surface area contributed by atoms with E-state index in [1.807, 2.05) is 0 Å². The molecule has 0 N–H and O–H groups in total. The molecular formula is C18H34LiO6PS2. The fraction of sp³-hybridized carbons (Fsp3) is 0.889. The third-order valence-corrected chi connectivity index (χ3v) is 7.16. The Hall–Kier alpha value is 0.747. The molecule has 10 heteroatoms. The SMILES string of the molecule is CCCCCCC(=O)SC[C@H](COP(=O)([O-])OC)SC(=O)CCCCCC.[Li+]. The summed E-state index contributed by atoms with van der Waals surface area (Å²) in [5.41, 5.74) is 0. The number of carbonyl (C=O) groups is 2. The van der Waals surface area contributed by atoms with Gasteiger partial charge in [0.1, 0.15) is 0 Å². The second kappa shape index (κ2) is 19.7. The Balaban J connectivity index is 0. The van der Waals surface area contributed by atoms with Crippen LogP contribution in [0.3, 0.4) is 0 Å². The van der Waals surface area contributed by atoms with Crippen LogP contribution in [-0.4, -0.2) is 35.0 Å². The summed E-state index contributed by atoms with van der Waals surface area (Å²) in [5.74, 6) is 0.349. The van der Waals surface area contributed by atoms with Crippen LogP contribution in [0, 0.1) is 0 Å². The van der Waals surface area contributed by atoms with E-state index in [4.69, 9.17) is 4.52 Å². The van der Waals surface area contributed by atoms with Crippen molar-refractivity contribution in [3.63, 3.8) is 0 Å². The van der Waals surface area contributed by atoms with Gasteiger partial charge in [-0.1, -0.05) is 75.9 Å². The Labute approximate surface area is 190 Å². The van der Waals surface area contributed by atoms with Crippen LogP contribution in [0.4, 0.5) is 0 Å². The molecule has 0 saturated carbocycles. The Morgan fingerprint density at radius 2 is 1.50 bits per heavy atom. The standard InChI is InChI=1S/C18H35O6PS2.Li/c1-4-6-8-10-12-17(19)26-15-16(14-24-25(21,22)23-3)27-18(20)13-11-9-7-5-2;/h16H,4-15H2,1-3H3,(H,21,22);/q;+1/p-1/t16-;/m0./s1. The number of hydrogen-bond donors (Lipinski definition) is 0. The van der Waals surface area contributed by atoms with E-state index in [1.165, 1.54) is 0 Å². The molecule has 0 saturated heterocycles. The Bertz CT molecular complexity index is 467. The third kappa shape index (κ3) is 18.8. The number of phosphoric acid groups is 1. The van der Waals surface area contributed by atoms with Gasteiger partial charge in [-0.3, -0.25) is 14.2 Å². The summed E-state index contributed by atoms with van der Waals surface area (Å²) >= 11 is 2.23. The summed E-state index contributed by atoms with van der Waals surface area (Å²) in [7, 11) is -3.31. The molecule has 0 fully saturated rings. The van der Waals surface area contributed by atoms with Crippen molar-refractivity contribution in [3.8, 4) is 0 Å². The van der Waals surface area contributed by atoms with Crippen molar-refractivity contribution in [2.75, 3.05) is 19.5 Å². The maximum absolute atomic E-state index is 12.1. The van der Waals surface area contributed by atoms with Gasteiger partial charge >= 0.3 is 18.9 Å². The van der Waals surface area contributed by atoms with E-state index in [2.05, 4.69) is 18.4 Å². The topological polar surface area (TPSA) is 92.7 Å². The average Bonchev–Trinajstić information content (AvgIpc) is 2.64. The molecule has 2 atom stereocenters. The van der Waals surface area contributed by atoms with Crippen molar-refractivity contribution in [1.82, 2.24) is 0 Å². The zero-order valence-electron chi connectivity index (χ0n) is 17.8. The number of thioether (sulfide) groups is 2. The summed E-state index contributed by atoms with van der Waals surface area (Å²) in [6.45, 7) is 4.06. The van der Waals surface area contributed by atoms with E-state index in [9.17, 15) is 19.0 Å². The van der Waals surface area contributed by atoms with Gasteiger partial charge in [0, 0.05) is 31.0 Å². The molecule has 0 heterocycles. The van der Waals surface area contributed by atoms with Crippen LogP contribution in [0.1, 0.15) is 78.1 Å². The van der Waals surface area contributed by atoms with Gasteiger partial charge in [0.2, 0.25) is 0 Å². The van der Waals surface area contributed by atoms with Gasteiger partial charge in [0.05, 0.1) is 6.61 Å². The van der Waals surface area contributed by atoms with Gasteiger partial charge in [-0.25, -0.2) is 0 Å². The number of phosphoric ester groups is 1. The molecule has 0 aliphatic heterocycles. The van der Waals surface area contributed by atoms with Gasteiger partial charge in [-0.05, 0) is 12.8 Å². The third-order valence-electron chi connectivity index (χ3n) is 3.84. The van der Waals surface area contributed by atoms with E-state index in [0.717, 1.165) is 82.0 Å². The van der Waals surface area contributed by atoms with Gasteiger partial charge in [-0.2, -0.15) is 0 Å². The first-order chi connectivity index (χ1) is 12.8. The van der Waals surface area contributed by atoms with Crippen molar-refractivity contribution < 1.29 is 47.0 Å². The zero-order chi connectivity index (χ0) is 20.5. The van der Waals surface area contributed by atoms with Gasteiger partial charge in [0.15, 0.2) is 10.2 Å². The number of carbonyl (C=O) groups excluding carboxylic acids is 2. The van der Waals surface area contributed by atoms with E-state index < -0.39 is 13.1 Å². The first kappa shape index (κ1) is 30.9. The molecule has 0 aliphatic carbocycles. The second-order valence-corrected chi connectivity index (χ2v) is 10.3. The van der Waals surface area contributed by atoms with Crippen LogP contribution >= 0.6 is 31.3 Å². The summed E-state index contributed by atoms with van der Waals surface area (Å²) in [6, 6.07) is 0. The fourth-order valence-electron chi connectivity index (χ4n) is 2.24. The van der Waals surface area contributed by atoms with E-state index in [0.29, 0.717) is 18.6 Å². The summed E-state index contributed by atoms with van der Waals surface area (Å²) in [4.78, 5) is 35.5. The molecule has 0 rings (SSSR count). The molecule has 160 valence electrons. The second-order valence-electron chi connectivity index (χ2n) is 6.34. The molecule has 0 bridgehead atoms. The molecule has 28 heavy (non-hydrogen) atoms. The Morgan fingerprint density at radius 3 is 2.00 bits per heavy atom. The molecule has 0 amide bonds. The average molecular weight is 449 g/mol. The normalized spacial score (nSPS) is 14.1. The van der Waals surface area contributed by atoms with Gasteiger partial charge in [0.25, 0.3) is 7.82 Å². The van der Waals surface area contributed by atoms with E-state index in [-0.39, 0.29) is 35.7 Å². The number of hydrogen-bond acceptors (Lipinski definition) is 8. The zero-order valence-corrected chi connectivity index (χ0v) is 20.3. The molecule has 0 aromatic heterocycles. The smallest absolute Gasteiger partial charge is 0.756 e. The maximum atomic E-state index is 12.1. The fourth-order valence-corrected chi connectivity index (χ4v) is 4.81. The van der Waals surface area contributed by atoms with Crippen molar-refractivity contribution in [2.24, 2.45) is 0 Å². The number of rotatable bonds is 17. The van der Waals surface area contributed by atoms with Crippen molar-refractivity contribution in [2.45, 2.75) is 83.3 Å². The van der Waals surface area contributed by atoms with Crippen molar-refractivity contribution >= 4 is 41.6 Å². The van der Waals surface area contributed by atoms with Gasteiger partial charge < -0.3 is 13.9 Å². The first-order valence-corrected chi connectivity index (χ1v) is 13.0. The van der Waals surface area contributed by atoms with Crippen LogP contribution in [0.5, 0.6) is 0 Å². The molecule has 6 nitrogen and oxygen atoms in total. The monoisotopic (exact) mass is 448 g/mol. The maximum Gasteiger partial charge on any atom is 1.00 e. The van der Waals surface area contributed by atoms with Gasteiger partial charge in [-0.15, -0.1) is 0 Å². The first-order valence-electron chi connectivity index (χ1n) is 9.71. The van der Waals surface area contributed by atoms with Crippen LogP contribution in [0.25, 0.3) is 0 Å².